The minimum atomic E-state index is -0.593. The van der Waals surface area contributed by atoms with Gasteiger partial charge in [-0.25, -0.2) is 13.8 Å². The number of nitrogens with zero attached hydrogens (tertiary/aromatic N) is 5. The molecule has 2 heterocycles. The highest BCUT2D eigenvalue weighted by atomic mass is 19.1. The molecule has 1 N–H and O–H groups in total. The number of nitrogens with one attached hydrogen (secondary N) is 1. The standard InChI is InChI=1S/C17H20F2N6O/c1-11(10-25-5-7-26-8-6-25)15(22-20-2)17-21-16(23-24-17)13-9-12(18)3-4-14(13)19/h3-4,9H,5-8,10H2,1-2H3,(H,21,23,24)/b15-11+,22-20-. The van der Waals surface area contributed by atoms with E-state index >= 15 is 0 Å². The highest BCUT2D eigenvalue weighted by molar-refractivity contribution is 5.64. The highest BCUT2D eigenvalue weighted by Gasteiger charge is 2.18. The summed E-state index contributed by atoms with van der Waals surface area (Å²) in [6.07, 6.45) is 0. The zero-order chi connectivity index (χ0) is 18.5. The van der Waals surface area contributed by atoms with Crippen LogP contribution in [0.15, 0.2) is 34.0 Å². The van der Waals surface area contributed by atoms with Gasteiger partial charge in [0.1, 0.15) is 17.3 Å². The molecule has 0 bridgehead atoms. The van der Waals surface area contributed by atoms with Crippen molar-refractivity contribution in [1.29, 1.82) is 0 Å². The lowest BCUT2D eigenvalue weighted by molar-refractivity contribution is 0.0423. The predicted octanol–water partition coefficient (Wildman–Crippen LogP) is 2.90. The molecule has 0 unspecified atom stereocenters. The lowest BCUT2D eigenvalue weighted by atomic mass is 10.2. The van der Waals surface area contributed by atoms with Crippen LogP contribution in [0.2, 0.25) is 0 Å². The topological polar surface area (TPSA) is 78.8 Å². The number of hydrogen-bond donors (Lipinski definition) is 1. The smallest absolute Gasteiger partial charge is 0.184 e. The van der Waals surface area contributed by atoms with E-state index in [1.165, 1.54) is 0 Å². The Morgan fingerprint density at radius 3 is 2.81 bits per heavy atom. The molecule has 0 aliphatic carbocycles. The normalized spacial score (nSPS) is 16.9. The second kappa shape index (κ2) is 8.24. The first-order valence-corrected chi connectivity index (χ1v) is 8.26. The van der Waals surface area contributed by atoms with Crippen LogP contribution in [0.4, 0.5) is 8.78 Å². The second-order valence-electron chi connectivity index (χ2n) is 5.95. The monoisotopic (exact) mass is 362 g/mol. The molecule has 2 aromatic rings. The fraction of sp³-hybridized carbons (Fsp3) is 0.412. The summed E-state index contributed by atoms with van der Waals surface area (Å²) in [4.78, 5) is 6.53. The van der Waals surface area contributed by atoms with E-state index < -0.39 is 11.6 Å². The molecular weight excluding hydrogens is 342 g/mol. The van der Waals surface area contributed by atoms with Gasteiger partial charge in [0.25, 0.3) is 0 Å². The SMILES string of the molecule is C/N=N\C(=C(/C)CN1CCOCC1)c1nc(-c2cc(F)ccc2F)n[nH]1. The first-order chi connectivity index (χ1) is 12.6. The molecular formula is C17H20F2N6O. The number of benzene rings is 1. The summed E-state index contributed by atoms with van der Waals surface area (Å²) in [7, 11) is 1.56. The zero-order valence-electron chi connectivity index (χ0n) is 14.7. The Morgan fingerprint density at radius 1 is 1.31 bits per heavy atom. The molecule has 0 spiro atoms. The van der Waals surface area contributed by atoms with E-state index in [2.05, 4.69) is 30.3 Å². The molecule has 1 aliphatic rings. The Hall–Kier alpha value is -2.52. The molecule has 9 heteroatoms. The molecule has 1 aliphatic heterocycles. The van der Waals surface area contributed by atoms with Crippen molar-refractivity contribution in [2.45, 2.75) is 6.92 Å². The fourth-order valence-corrected chi connectivity index (χ4v) is 2.76. The van der Waals surface area contributed by atoms with Gasteiger partial charge in [0, 0.05) is 26.7 Å². The van der Waals surface area contributed by atoms with E-state index in [0.717, 1.165) is 36.9 Å². The van der Waals surface area contributed by atoms with Gasteiger partial charge in [-0.2, -0.15) is 15.3 Å². The molecule has 7 nitrogen and oxygen atoms in total. The van der Waals surface area contributed by atoms with Crippen molar-refractivity contribution in [3.63, 3.8) is 0 Å². The van der Waals surface area contributed by atoms with E-state index in [9.17, 15) is 8.78 Å². The van der Waals surface area contributed by atoms with E-state index in [0.29, 0.717) is 31.3 Å². The van der Waals surface area contributed by atoms with Crippen LogP contribution in [0.3, 0.4) is 0 Å². The Bertz CT molecular complexity index is 826. The maximum absolute atomic E-state index is 13.9. The summed E-state index contributed by atoms with van der Waals surface area (Å²) in [5.41, 5.74) is 1.47. The maximum Gasteiger partial charge on any atom is 0.184 e. The minimum absolute atomic E-state index is 0.00822. The van der Waals surface area contributed by atoms with Crippen molar-refractivity contribution in [3.05, 3.63) is 41.2 Å². The Balaban J connectivity index is 1.90. The lowest BCUT2D eigenvalue weighted by Crippen LogP contribution is -2.37. The third kappa shape index (κ3) is 4.17. The van der Waals surface area contributed by atoms with Crippen LogP contribution >= 0.6 is 0 Å². The third-order valence-corrected chi connectivity index (χ3v) is 4.05. The minimum Gasteiger partial charge on any atom is -0.379 e. The molecule has 0 atom stereocenters. The van der Waals surface area contributed by atoms with Gasteiger partial charge < -0.3 is 4.74 Å². The number of H-pyrrole nitrogens is 1. The summed E-state index contributed by atoms with van der Waals surface area (Å²) in [6.45, 7) is 5.69. The molecule has 138 valence electrons. The van der Waals surface area contributed by atoms with Gasteiger partial charge in [-0.3, -0.25) is 10.00 Å². The summed E-state index contributed by atoms with van der Waals surface area (Å²) >= 11 is 0. The third-order valence-electron chi connectivity index (χ3n) is 4.05. The zero-order valence-corrected chi connectivity index (χ0v) is 14.7. The summed E-state index contributed by atoms with van der Waals surface area (Å²) in [5, 5.41) is 14.8. The average Bonchev–Trinajstić information content (AvgIpc) is 3.12. The van der Waals surface area contributed by atoms with Crippen LogP contribution < -0.4 is 0 Å². The first kappa shape index (κ1) is 18.3. The second-order valence-corrected chi connectivity index (χ2v) is 5.95. The summed E-state index contributed by atoms with van der Waals surface area (Å²) < 4.78 is 32.7. The number of rotatable bonds is 5. The van der Waals surface area contributed by atoms with Crippen LogP contribution in [0, 0.1) is 11.6 Å². The van der Waals surface area contributed by atoms with E-state index in [1.807, 2.05) is 6.92 Å². The van der Waals surface area contributed by atoms with Crippen LogP contribution in [0.5, 0.6) is 0 Å². The predicted molar refractivity (Wildman–Crippen MR) is 92.4 cm³/mol. The maximum atomic E-state index is 13.9. The lowest BCUT2D eigenvalue weighted by Gasteiger charge is -2.27. The van der Waals surface area contributed by atoms with Crippen molar-refractivity contribution >= 4 is 5.70 Å². The molecule has 1 aromatic heterocycles. The molecule has 1 saturated heterocycles. The van der Waals surface area contributed by atoms with Crippen molar-refractivity contribution < 1.29 is 13.5 Å². The van der Waals surface area contributed by atoms with Crippen LogP contribution in [0.25, 0.3) is 17.1 Å². The fourth-order valence-electron chi connectivity index (χ4n) is 2.76. The number of hydrogen-bond acceptors (Lipinski definition) is 6. The molecule has 0 amide bonds. The number of aromatic amines is 1. The number of aromatic nitrogens is 3. The van der Waals surface area contributed by atoms with E-state index in [1.54, 1.807) is 7.05 Å². The number of halogens is 2. The number of morpholine rings is 1. The van der Waals surface area contributed by atoms with Crippen LogP contribution in [0.1, 0.15) is 12.7 Å². The van der Waals surface area contributed by atoms with E-state index in [4.69, 9.17) is 4.74 Å². The largest absolute Gasteiger partial charge is 0.379 e. The average molecular weight is 362 g/mol. The van der Waals surface area contributed by atoms with Gasteiger partial charge in [-0.05, 0) is 30.7 Å². The molecule has 26 heavy (non-hydrogen) atoms. The van der Waals surface area contributed by atoms with Crippen LogP contribution in [-0.4, -0.2) is 60.0 Å². The summed E-state index contributed by atoms with van der Waals surface area (Å²) in [6, 6.07) is 3.16. The quantitative estimate of drug-likeness (QED) is 0.830. The van der Waals surface area contributed by atoms with Gasteiger partial charge in [-0.15, -0.1) is 0 Å². The van der Waals surface area contributed by atoms with Crippen molar-refractivity contribution in [2.75, 3.05) is 39.9 Å². The van der Waals surface area contributed by atoms with Gasteiger partial charge in [0.15, 0.2) is 11.6 Å². The molecule has 0 saturated carbocycles. The van der Waals surface area contributed by atoms with Crippen molar-refractivity contribution in [2.24, 2.45) is 10.2 Å². The highest BCUT2D eigenvalue weighted by Crippen LogP contribution is 2.24. The molecule has 3 rings (SSSR count). The van der Waals surface area contributed by atoms with Crippen molar-refractivity contribution in [1.82, 2.24) is 20.1 Å². The Labute approximate surface area is 149 Å². The van der Waals surface area contributed by atoms with Crippen LogP contribution in [-0.2, 0) is 4.74 Å². The molecule has 1 aromatic carbocycles. The Kier molecular flexibility index (Phi) is 5.79. The first-order valence-electron chi connectivity index (χ1n) is 8.26. The number of ether oxygens (including phenoxy) is 1. The molecule has 0 radical (unpaired) electrons. The summed E-state index contributed by atoms with van der Waals surface area (Å²) in [5.74, 6) is -0.718. The number of azo groups is 1. The van der Waals surface area contributed by atoms with Gasteiger partial charge in [-0.1, -0.05) is 0 Å². The van der Waals surface area contributed by atoms with Gasteiger partial charge >= 0.3 is 0 Å². The van der Waals surface area contributed by atoms with E-state index in [-0.39, 0.29) is 11.4 Å². The van der Waals surface area contributed by atoms with Gasteiger partial charge in [0.05, 0.1) is 18.8 Å². The molecule has 1 fully saturated rings. The van der Waals surface area contributed by atoms with Crippen molar-refractivity contribution in [3.8, 4) is 11.4 Å². The Morgan fingerprint density at radius 2 is 2.08 bits per heavy atom. The van der Waals surface area contributed by atoms with Gasteiger partial charge in [0.2, 0.25) is 0 Å².